The Morgan fingerprint density at radius 1 is 1.15 bits per heavy atom. The van der Waals surface area contributed by atoms with Crippen LogP contribution in [0, 0.1) is 0 Å². The topological polar surface area (TPSA) is 64.9 Å². The third-order valence-corrected chi connectivity index (χ3v) is 4.41. The zero-order valence-electron chi connectivity index (χ0n) is 13.2. The number of para-hydroxylation sites is 1. The fourth-order valence-corrected chi connectivity index (χ4v) is 3.23. The Morgan fingerprint density at radius 2 is 2.00 bits per heavy atom. The quantitative estimate of drug-likeness (QED) is 0.689. The van der Waals surface area contributed by atoms with Gasteiger partial charge >= 0.3 is 6.61 Å². The van der Waals surface area contributed by atoms with Crippen LogP contribution in [-0.4, -0.2) is 26.8 Å². The summed E-state index contributed by atoms with van der Waals surface area (Å²) in [5.74, 6) is 0.500. The summed E-state index contributed by atoms with van der Waals surface area (Å²) < 4.78 is 32.7. The van der Waals surface area contributed by atoms with Gasteiger partial charge in [-0.2, -0.15) is 13.5 Å². The second kappa shape index (κ2) is 6.83. The van der Waals surface area contributed by atoms with Gasteiger partial charge in [-0.05, 0) is 40.3 Å². The van der Waals surface area contributed by atoms with E-state index in [2.05, 4.69) is 41.5 Å². The molecule has 6 nitrogen and oxygen atoms in total. The fraction of sp³-hybridized carbons (Fsp3) is 0.118. The Morgan fingerprint density at radius 3 is 2.81 bits per heavy atom. The number of anilines is 1. The highest BCUT2D eigenvalue weighted by atomic mass is 79.9. The molecule has 0 bridgehead atoms. The SMILES string of the molecule is FC(F)Oc1ccccc1[C@@H]1C=C(c2cccc(Br)c2)Nc2nnnn21. The molecule has 9 heteroatoms. The Labute approximate surface area is 155 Å². The van der Waals surface area contributed by atoms with Crippen molar-refractivity contribution >= 4 is 27.6 Å². The number of halogens is 3. The number of rotatable bonds is 4. The number of fused-ring (bicyclic) bond motifs is 1. The molecule has 0 unspecified atom stereocenters. The van der Waals surface area contributed by atoms with Gasteiger partial charge < -0.3 is 10.1 Å². The predicted molar refractivity (Wildman–Crippen MR) is 94.8 cm³/mol. The van der Waals surface area contributed by atoms with Gasteiger partial charge in [0.25, 0.3) is 0 Å². The van der Waals surface area contributed by atoms with Crippen molar-refractivity contribution in [3.63, 3.8) is 0 Å². The second-order valence-electron chi connectivity index (χ2n) is 5.52. The van der Waals surface area contributed by atoms with Crippen LogP contribution >= 0.6 is 15.9 Å². The molecular weight excluding hydrogens is 408 g/mol. The summed E-state index contributed by atoms with van der Waals surface area (Å²) in [6, 6.07) is 13.8. The number of alkyl halides is 2. The highest BCUT2D eigenvalue weighted by Crippen LogP contribution is 2.36. The van der Waals surface area contributed by atoms with E-state index in [4.69, 9.17) is 0 Å². The minimum Gasteiger partial charge on any atom is -0.434 e. The number of benzene rings is 2. The van der Waals surface area contributed by atoms with Crippen molar-refractivity contribution in [3.8, 4) is 5.75 Å². The van der Waals surface area contributed by atoms with Crippen LogP contribution < -0.4 is 10.1 Å². The Bertz CT molecular complexity index is 975. The molecule has 0 saturated heterocycles. The van der Waals surface area contributed by atoms with Crippen LogP contribution in [-0.2, 0) is 0 Å². The van der Waals surface area contributed by atoms with Gasteiger partial charge in [0.05, 0.1) is 0 Å². The van der Waals surface area contributed by atoms with Crippen molar-refractivity contribution in [1.29, 1.82) is 0 Å². The number of hydrogen-bond acceptors (Lipinski definition) is 5. The summed E-state index contributed by atoms with van der Waals surface area (Å²) >= 11 is 3.45. The molecule has 3 aromatic rings. The van der Waals surface area contributed by atoms with Gasteiger partial charge in [-0.25, -0.2) is 0 Å². The van der Waals surface area contributed by atoms with Crippen LogP contribution in [0.25, 0.3) is 5.70 Å². The third kappa shape index (κ3) is 3.17. The van der Waals surface area contributed by atoms with Crippen LogP contribution in [0.2, 0.25) is 0 Å². The van der Waals surface area contributed by atoms with Gasteiger partial charge in [-0.15, -0.1) is 0 Å². The van der Waals surface area contributed by atoms with Crippen molar-refractivity contribution in [2.24, 2.45) is 0 Å². The molecule has 0 saturated carbocycles. The Balaban J connectivity index is 1.82. The summed E-state index contributed by atoms with van der Waals surface area (Å²) in [6.45, 7) is -2.92. The molecule has 0 amide bonds. The lowest BCUT2D eigenvalue weighted by atomic mass is 10.0. The molecule has 1 aliphatic rings. The standard InChI is InChI=1S/C17H12BrF2N5O/c18-11-5-3-4-10(8-11)13-9-14(25-17(21-13)22-23-24-25)12-6-1-2-7-15(12)26-16(19)20/h1-9,14,16H,(H,21,22,24)/t14-/m0/s1. The van der Waals surface area contributed by atoms with Crippen LogP contribution in [0.4, 0.5) is 14.7 Å². The lowest BCUT2D eigenvalue weighted by Crippen LogP contribution is -2.21. The first-order valence-electron chi connectivity index (χ1n) is 7.68. The summed E-state index contributed by atoms with van der Waals surface area (Å²) in [5, 5.41) is 14.8. The molecule has 4 rings (SSSR count). The van der Waals surface area contributed by atoms with Crippen LogP contribution in [0.3, 0.4) is 0 Å². The normalized spacial score (nSPS) is 16.0. The number of hydrogen-bond donors (Lipinski definition) is 1. The van der Waals surface area contributed by atoms with Gasteiger partial charge in [-0.3, -0.25) is 0 Å². The van der Waals surface area contributed by atoms with E-state index in [1.54, 1.807) is 18.2 Å². The molecule has 1 aromatic heterocycles. The minimum atomic E-state index is -2.92. The van der Waals surface area contributed by atoms with Gasteiger partial charge in [0, 0.05) is 15.7 Å². The van der Waals surface area contributed by atoms with Gasteiger partial charge in [0.1, 0.15) is 11.8 Å². The van der Waals surface area contributed by atoms with Crippen molar-refractivity contribution in [2.75, 3.05) is 5.32 Å². The average Bonchev–Trinajstić information content (AvgIpc) is 3.09. The first kappa shape index (κ1) is 16.6. The number of ether oxygens (including phenoxy) is 1. The molecule has 2 aromatic carbocycles. The summed E-state index contributed by atoms with van der Waals surface area (Å²) in [4.78, 5) is 0. The van der Waals surface area contributed by atoms with E-state index in [0.29, 0.717) is 11.5 Å². The smallest absolute Gasteiger partial charge is 0.387 e. The van der Waals surface area contributed by atoms with E-state index in [9.17, 15) is 8.78 Å². The molecule has 132 valence electrons. The molecule has 0 radical (unpaired) electrons. The lowest BCUT2D eigenvalue weighted by Gasteiger charge is -2.25. The minimum absolute atomic E-state index is 0.0840. The number of nitrogens with zero attached hydrogens (tertiary/aromatic N) is 4. The fourth-order valence-electron chi connectivity index (χ4n) is 2.83. The average molecular weight is 420 g/mol. The van der Waals surface area contributed by atoms with Crippen LogP contribution in [0.15, 0.2) is 59.1 Å². The molecule has 1 atom stereocenters. The van der Waals surface area contributed by atoms with Crippen molar-refractivity contribution in [3.05, 3.63) is 70.2 Å². The first-order chi connectivity index (χ1) is 12.6. The van der Waals surface area contributed by atoms with Gasteiger partial charge in [-0.1, -0.05) is 51.4 Å². The van der Waals surface area contributed by atoms with Crippen molar-refractivity contribution < 1.29 is 13.5 Å². The maximum Gasteiger partial charge on any atom is 0.387 e. The molecule has 0 spiro atoms. The van der Waals surface area contributed by atoms with E-state index in [1.807, 2.05) is 30.3 Å². The molecule has 0 aliphatic carbocycles. The highest BCUT2D eigenvalue weighted by Gasteiger charge is 2.27. The second-order valence-corrected chi connectivity index (χ2v) is 6.44. The number of aromatic nitrogens is 4. The monoisotopic (exact) mass is 419 g/mol. The largest absolute Gasteiger partial charge is 0.434 e. The molecule has 26 heavy (non-hydrogen) atoms. The third-order valence-electron chi connectivity index (χ3n) is 3.92. The van der Waals surface area contributed by atoms with Crippen LogP contribution in [0.1, 0.15) is 17.2 Å². The van der Waals surface area contributed by atoms with Crippen molar-refractivity contribution in [2.45, 2.75) is 12.7 Å². The van der Waals surface area contributed by atoms with Crippen molar-refractivity contribution in [1.82, 2.24) is 20.2 Å². The molecule has 2 heterocycles. The number of tetrazole rings is 1. The van der Waals surface area contributed by atoms with E-state index in [1.165, 1.54) is 10.7 Å². The van der Waals surface area contributed by atoms with E-state index < -0.39 is 12.7 Å². The zero-order valence-corrected chi connectivity index (χ0v) is 14.8. The molecular formula is C17H12BrF2N5O. The van der Waals surface area contributed by atoms with E-state index in [0.717, 1.165) is 15.7 Å². The molecule has 1 aliphatic heterocycles. The van der Waals surface area contributed by atoms with Gasteiger partial charge in [0.2, 0.25) is 5.95 Å². The van der Waals surface area contributed by atoms with E-state index in [-0.39, 0.29) is 5.75 Å². The molecule has 1 N–H and O–H groups in total. The zero-order chi connectivity index (χ0) is 18.1. The van der Waals surface area contributed by atoms with E-state index >= 15 is 0 Å². The predicted octanol–water partition coefficient (Wildman–Crippen LogP) is 4.09. The lowest BCUT2D eigenvalue weighted by molar-refractivity contribution is -0.0506. The van der Waals surface area contributed by atoms with Crippen LogP contribution in [0.5, 0.6) is 5.75 Å². The maximum atomic E-state index is 12.8. The maximum absolute atomic E-state index is 12.8. The Kier molecular flexibility index (Phi) is 4.37. The van der Waals surface area contributed by atoms with Gasteiger partial charge in [0.15, 0.2) is 0 Å². The first-order valence-corrected chi connectivity index (χ1v) is 8.47. The summed E-state index contributed by atoms with van der Waals surface area (Å²) in [6.07, 6.45) is 1.87. The highest BCUT2D eigenvalue weighted by molar-refractivity contribution is 9.10. The Hall–Kier alpha value is -2.81. The molecule has 0 fully saturated rings. The summed E-state index contributed by atoms with van der Waals surface area (Å²) in [5.41, 5.74) is 2.21. The summed E-state index contributed by atoms with van der Waals surface area (Å²) in [7, 11) is 0. The number of allylic oxidation sites excluding steroid dienone is 1. The number of nitrogens with one attached hydrogen (secondary N) is 1.